The minimum Gasteiger partial charge on any atom is -0.395 e. The van der Waals surface area contributed by atoms with Gasteiger partial charge < -0.3 is 8.85 Å². The standard InChI is InChI=1S/C18H40O2Si/c1-6-9-11-12-13-14-16-19-21(4,5)20-17-18(8-3)15-10-7-2/h18H,6-17H2,1-5H3. The molecule has 0 aromatic carbocycles. The van der Waals surface area contributed by atoms with Gasteiger partial charge in [0.05, 0.1) is 0 Å². The summed E-state index contributed by atoms with van der Waals surface area (Å²) in [5.74, 6) is 0.717. The number of unbranched alkanes of at least 4 members (excludes halogenated alkanes) is 6. The van der Waals surface area contributed by atoms with E-state index >= 15 is 0 Å². The van der Waals surface area contributed by atoms with Crippen molar-refractivity contribution in [2.24, 2.45) is 5.92 Å². The van der Waals surface area contributed by atoms with Crippen molar-refractivity contribution in [2.45, 2.75) is 98.1 Å². The van der Waals surface area contributed by atoms with Crippen LogP contribution in [0.5, 0.6) is 0 Å². The van der Waals surface area contributed by atoms with Crippen LogP contribution in [0.2, 0.25) is 13.1 Å². The smallest absolute Gasteiger partial charge is 0.331 e. The molecule has 3 heteroatoms. The molecule has 0 aromatic rings. The molecule has 21 heavy (non-hydrogen) atoms. The zero-order chi connectivity index (χ0) is 16.0. The number of hydrogen-bond acceptors (Lipinski definition) is 2. The van der Waals surface area contributed by atoms with Gasteiger partial charge in [0.25, 0.3) is 0 Å². The van der Waals surface area contributed by atoms with E-state index in [1.807, 2.05) is 0 Å². The van der Waals surface area contributed by atoms with Crippen LogP contribution in [-0.2, 0) is 8.85 Å². The molecule has 0 saturated carbocycles. The first-order valence-corrected chi connectivity index (χ1v) is 12.1. The second kappa shape index (κ2) is 13.8. The molecule has 0 saturated heterocycles. The van der Waals surface area contributed by atoms with E-state index in [0.29, 0.717) is 0 Å². The van der Waals surface area contributed by atoms with Crippen molar-refractivity contribution >= 4 is 8.56 Å². The van der Waals surface area contributed by atoms with Crippen LogP contribution in [0, 0.1) is 5.92 Å². The lowest BCUT2D eigenvalue weighted by Gasteiger charge is -2.26. The maximum atomic E-state index is 6.14. The van der Waals surface area contributed by atoms with Gasteiger partial charge in [0.15, 0.2) is 0 Å². The molecule has 0 aliphatic rings. The lowest BCUT2D eigenvalue weighted by Crippen LogP contribution is -2.37. The van der Waals surface area contributed by atoms with E-state index in [4.69, 9.17) is 8.85 Å². The Kier molecular flexibility index (Phi) is 13.9. The summed E-state index contributed by atoms with van der Waals surface area (Å²) in [5, 5.41) is 0. The fraction of sp³-hybridized carbons (Fsp3) is 1.00. The molecular weight excluding hydrogens is 276 g/mol. The van der Waals surface area contributed by atoms with Crippen molar-refractivity contribution in [2.75, 3.05) is 13.2 Å². The molecule has 0 amide bonds. The third-order valence-corrected chi connectivity index (χ3v) is 5.92. The first-order valence-electron chi connectivity index (χ1n) is 9.33. The third-order valence-electron chi connectivity index (χ3n) is 4.16. The summed E-state index contributed by atoms with van der Waals surface area (Å²) in [7, 11) is -1.90. The molecule has 0 heterocycles. The fourth-order valence-corrected chi connectivity index (χ4v) is 3.81. The van der Waals surface area contributed by atoms with E-state index in [0.717, 1.165) is 19.1 Å². The van der Waals surface area contributed by atoms with Crippen LogP contribution in [0.15, 0.2) is 0 Å². The lowest BCUT2D eigenvalue weighted by atomic mass is 10.0. The van der Waals surface area contributed by atoms with Crippen molar-refractivity contribution < 1.29 is 8.85 Å². The van der Waals surface area contributed by atoms with Crippen molar-refractivity contribution in [1.29, 1.82) is 0 Å². The van der Waals surface area contributed by atoms with E-state index in [1.54, 1.807) is 0 Å². The summed E-state index contributed by atoms with van der Waals surface area (Å²) < 4.78 is 12.2. The maximum Gasteiger partial charge on any atom is 0.331 e. The molecule has 0 aliphatic carbocycles. The van der Waals surface area contributed by atoms with Gasteiger partial charge in [0.2, 0.25) is 0 Å². The molecule has 0 aromatic heterocycles. The van der Waals surface area contributed by atoms with E-state index in [1.165, 1.54) is 64.2 Å². The van der Waals surface area contributed by atoms with E-state index in [-0.39, 0.29) is 0 Å². The zero-order valence-corrected chi connectivity index (χ0v) is 16.4. The molecular formula is C18H40O2Si. The van der Waals surface area contributed by atoms with Gasteiger partial charge in [0.1, 0.15) is 0 Å². The Morgan fingerprint density at radius 3 is 2.00 bits per heavy atom. The van der Waals surface area contributed by atoms with Crippen LogP contribution in [-0.4, -0.2) is 21.8 Å². The van der Waals surface area contributed by atoms with Crippen molar-refractivity contribution in [3.8, 4) is 0 Å². The second-order valence-corrected chi connectivity index (χ2v) is 10.1. The predicted molar refractivity (Wildman–Crippen MR) is 96.1 cm³/mol. The highest BCUT2D eigenvalue weighted by atomic mass is 28.4. The molecule has 0 bridgehead atoms. The molecule has 128 valence electrons. The first kappa shape index (κ1) is 21.1. The Morgan fingerprint density at radius 2 is 1.38 bits per heavy atom. The predicted octanol–water partition coefficient (Wildman–Crippen LogP) is 6.30. The van der Waals surface area contributed by atoms with Crippen LogP contribution in [0.25, 0.3) is 0 Å². The quantitative estimate of drug-likeness (QED) is 0.261. The van der Waals surface area contributed by atoms with Gasteiger partial charge in [-0.2, -0.15) is 0 Å². The van der Waals surface area contributed by atoms with Gasteiger partial charge in [-0.1, -0.05) is 72.1 Å². The Hall–Kier alpha value is 0.137. The van der Waals surface area contributed by atoms with Gasteiger partial charge in [-0.15, -0.1) is 0 Å². The summed E-state index contributed by atoms with van der Waals surface area (Å²) in [6.07, 6.45) is 13.1. The van der Waals surface area contributed by atoms with Gasteiger partial charge >= 0.3 is 8.56 Å². The van der Waals surface area contributed by atoms with Crippen molar-refractivity contribution in [3.63, 3.8) is 0 Å². The van der Waals surface area contributed by atoms with Crippen LogP contribution < -0.4 is 0 Å². The molecule has 0 rings (SSSR count). The Bertz CT molecular complexity index is 219. The van der Waals surface area contributed by atoms with Gasteiger partial charge in [-0.3, -0.25) is 0 Å². The SMILES string of the molecule is CCCCCCCCO[Si](C)(C)OCC(CC)CCCC. The molecule has 2 nitrogen and oxygen atoms in total. The highest BCUT2D eigenvalue weighted by molar-refractivity contribution is 6.64. The normalized spacial score (nSPS) is 13.6. The third kappa shape index (κ3) is 13.5. The molecule has 0 radical (unpaired) electrons. The largest absolute Gasteiger partial charge is 0.395 e. The van der Waals surface area contributed by atoms with Crippen LogP contribution in [0.1, 0.15) is 85.0 Å². The Morgan fingerprint density at radius 1 is 0.762 bits per heavy atom. The van der Waals surface area contributed by atoms with Crippen LogP contribution in [0.4, 0.5) is 0 Å². The van der Waals surface area contributed by atoms with E-state index in [9.17, 15) is 0 Å². The fourth-order valence-electron chi connectivity index (χ4n) is 2.46. The van der Waals surface area contributed by atoms with E-state index in [2.05, 4.69) is 33.9 Å². The van der Waals surface area contributed by atoms with Gasteiger partial charge in [0, 0.05) is 13.2 Å². The molecule has 0 N–H and O–H groups in total. The summed E-state index contributed by atoms with van der Waals surface area (Å²) in [6.45, 7) is 13.0. The Labute approximate surface area is 135 Å². The molecule has 1 atom stereocenters. The molecule has 1 unspecified atom stereocenters. The highest BCUT2D eigenvalue weighted by Crippen LogP contribution is 2.17. The van der Waals surface area contributed by atoms with Crippen LogP contribution in [0.3, 0.4) is 0 Å². The topological polar surface area (TPSA) is 18.5 Å². The van der Waals surface area contributed by atoms with Crippen molar-refractivity contribution in [1.82, 2.24) is 0 Å². The zero-order valence-electron chi connectivity index (χ0n) is 15.4. The van der Waals surface area contributed by atoms with Gasteiger partial charge in [-0.05, 0) is 31.9 Å². The average Bonchev–Trinajstić information content (AvgIpc) is 2.46. The summed E-state index contributed by atoms with van der Waals surface area (Å²) >= 11 is 0. The number of rotatable bonds is 15. The van der Waals surface area contributed by atoms with E-state index < -0.39 is 8.56 Å². The summed E-state index contributed by atoms with van der Waals surface area (Å²) in [4.78, 5) is 0. The second-order valence-electron chi connectivity index (χ2n) is 6.74. The monoisotopic (exact) mass is 316 g/mol. The van der Waals surface area contributed by atoms with Crippen molar-refractivity contribution in [3.05, 3.63) is 0 Å². The summed E-state index contributed by atoms with van der Waals surface area (Å²) in [6, 6.07) is 0. The lowest BCUT2D eigenvalue weighted by molar-refractivity contribution is 0.146. The van der Waals surface area contributed by atoms with Gasteiger partial charge in [-0.25, -0.2) is 0 Å². The summed E-state index contributed by atoms with van der Waals surface area (Å²) in [5.41, 5.74) is 0. The maximum absolute atomic E-state index is 6.14. The minimum atomic E-state index is -1.90. The van der Waals surface area contributed by atoms with Crippen LogP contribution >= 0.6 is 0 Å². The minimum absolute atomic E-state index is 0.717. The molecule has 0 fully saturated rings. The Balaban J connectivity index is 3.66. The molecule has 0 spiro atoms. The number of hydrogen-bond donors (Lipinski definition) is 0. The average molecular weight is 317 g/mol. The highest BCUT2D eigenvalue weighted by Gasteiger charge is 2.25. The molecule has 0 aliphatic heterocycles. The first-order chi connectivity index (χ1) is 10.1.